The van der Waals surface area contributed by atoms with Gasteiger partial charge in [0.25, 0.3) is 0 Å². The molecule has 2 aromatic carbocycles. The molecule has 1 unspecified atom stereocenters. The van der Waals surface area contributed by atoms with Crippen molar-refractivity contribution in [3.63, 3.8) is 0 Å². The average Bonchev–Trinajstić information content (AvgIpc) is 3.09. The van der Waals surface area contributed by atoms with Crippen LogP contribution in [-0.4, -0.2) is 36.9 Å². The molecule has 1 saturated heterocycles. The number of carbonyl (C=O) groups excluding carboxylic acids is 2. The van der Waals surface area contributed by atoms with Crippen molar-refractivity contribution in [3.05, 3.63) is 59.7 Å². The first-order valence-electron chi connectivity index (χ1n) is 9.21. The minimum Gasteiger partial charge on any atom is -0.323 e. The van der Waals surface area contributed by atoms with Crippen molar-refractivity contribution < 1.29 is 18.4 Å². The molecule has 5 nitrogen and oxygen atoms in total. The maximum Gasteiger partial charge on any atom is 0.238 e. The minimum absolute atomic E-state index is 0.0470. The number of halogens is 2. The highest BCUT2D eigenvalue weighted by atomic mass is 19.2. The van der Waals surface area contributed by atoms with E-state index in [1.807, 2.05) is 19.1 Å². The number of nitrogens with zero attached hydrogens (tertiary/aromatic N) is 2. The molecule has 0 aliphatic carbocycles. The molecular weight excluding hydrogens is 364 g/mol. The van der Waals surface area contributed by atoms with E-state index in [-0.39, 0.29) is 24.4 Å². The Hall–Kier alpha value is -2.80. The Morgan fingerprint density at radius 2 is 1.96 bits per heavy atom. The van der Waals surface area contributed by atoms with Crippen LogP contribution in [0.3, 0.4) is 0 Å². The van der Waals surface area contributed by atoms with Gasteiger partial charge in [0.2, 0.25) is 11.8 Å². The summed E-state index contributed by atoms with van der Waals surface area (Å²) in [7, 11) is 1.74. The molecule has 1 fully saturated rings. The third-order valence-electron chi connectivity index (χ3n) is 5.02. The average molecular weight is 387 g/mol. The first-order valence-corrected chi connectivity index (χ1v) is 9.21. The Balaban J connectivity index is 1.67. The van der Waals surface area contributed by atoms with Gasteiger partial charge in [-0.1, -0.05) is 18.2 Å². The van der Waals surface area contributed by atoms with Crippen LogP contribution in [0.2, 0.25) is 0 Å². The Kier molecular flexibility index (Phi) is 6.04. The third kappa shape index (κ3) is 4.36. The number of likely N-dealkylation sites (N-methyl/N-ethyl adjacent to an activating group) is 1. The number of hydrogen-bond donors (Lipinski definition) is 1. The monoisotopic (exact) mass is 387 g/mol. The molecule has 0 bridgehead atoms. The SMILES string of the molecule is CC(c1ccc(F)c(F)c1)N(C)CC(=O)Nc1ccccc1N1CCCC1=O. The standard InChI is InChI=1S/C21H23F2N3O2/c1-14(15-9-10-16(22)17(23)12-15)25(2)13-20(27)24-18-6-3-4-7-19(18)26-11-5-8-21(26)28/h3-4,6-7,9-10,12,14H,5,8,11,13H2,1-2H3,(H,24,27). The number of anilines is 2. The summed E-state index contributed by atoms with van der Waals surface area (Å²) in [5.41, 5.74) is 1.85. The van der Waals surface area contributed by atoms with E-state index < -0.39 is 11.6 Å². The van der Waals surface area contributed by atoms with Crippen molar-refractivity contribution in [1.29, 1.82) is 0 Å². The molecule has 0 spiro atoms. The molecule has 1 atom stereocenters. The second-order valence-electron chi connectivity index (χ2n) is 6.98. The van der Waals surface area contributed by atoms with Gasteiger partial charge in [0.15, 0.2) is 11.6 Å². The maximum absolute atomic E-state index is 13.5. The summed E-state index contributed by atoms with van der Waals surface area (Å²) in [6.45, 7) is 2.51. The van der Waals surface area contributed by atoms with Crippen LogP contribution in [-0.2, 0) is 9.59 Å². The lowest BCUT2D eigenvalue weighted by atomic mass is 10.1. The molecule has 0 radical (unpaired) electrons. The molecule has 148 valence electrons. The Morgan fingerprint density at radius 3 is 2.64 bits per heavy atom. The summed E-state index contributed by atoms with van der Waals surface area (Å²) >= 11 is 0. The predicted octanol–water partition coefficient (Wildman–Crippen LogP) is 3.72. The molecule has 28 heavy (non-hydrogen) atoms. The minimum atomic E-state index is -0.911. The number of hydrogen-bond acceptors (Lipinski definition) is 3. The molecule has 1 aliphatic rings. The quantitative estimate of drug-likeness (QED) is 0.822. The molecule has 0 saturated carbocycles. The lowest BCUT2D eigenvalue weighted by Crippen LogP contribution is -2.33. The summed E-state index contributed by atoms with van der Waals surface area (Å²) in [6.07, 6.45) is 1.31. The fraction of sp³-hybridized carbons (Fsp3) is 0.333. The van der Waals surface area contributed by atoms with Crippen molar-refractivity contribution in [2.24, 2.45) is 0 Å². The van der Waals surface area contributed by atoms with Gasteiger partial charge in [-0.15, -0.1) is 0 Å². The van der Waals surface area contributed by atoms with Crippen LogP contribution < -0.4 is 10.2 Å². The van der Waals surface area contributed by atoms with E-state index in [4.69, 9.17) is 0 Å². The number of nitrogens with one attached hydrogen (secondary N) is 1. The first kappa shape index (κ1) is 19.9. The second kappa shape index (κ2) is 8.48. The van der Waals surface area contributed by atoms with Gasteiger partial charge in [-0.2, -0.15) is 0 Å². The van der Waals surface area contributed by atoms with E-state index in [0.29, 0.717) is 29.9 Å². The summed E-state index contributed by atoms with van der Waals surface area (Å²) in [5, 5.41) is 2.86. The zero-order chi connectivity index (χ0) is 20.3. The van der Waals surface area contributed by atoms with Crippen LogP contribution >= 0.6 is 0 Å². The topological polar surface area (TPSA) is 52.7 Å². The van der Waals surface area contributed by atoms with E-state index >= 15 is 0 Å². The number of para-hydroxylation sites is 2. The predicted molar refractivity (Wildman–Crippen MR) is 104 cm³/mol. The van der Waals surface area contributed by atoms with Crippen molar-refractivity contribution in [2.45, 2.75) is 25.8 Å². The fourth-order valence-corrected chi connectivity index (χ4v) is 3.30. The molecule has 1 N–H and O–H groups in total. The summed E-state index contributed by atoms with van der Waals surface area (Å²) < 4.78 is 26.6. The molecule has 2 amide bonds. The highest BCUT2D eigenvalue weighted by molar-refractivity contribution is 6.02. The molecular formula is C21H23F2N3O2. The van der Waals surface area contributed by atoms with Gasteiger partial charge in [-0.25, -0.2) is 8.78 Å². The van der Waals surface area contributed by atoms with Gasteiger partial charge in [0, 0.05) is 19.0 Å². The molecule has 0 aromatic heterocycles. The number of benzene rings is 2. The van der Waals surface area contributed by atoms with Crippen LogP contribution in [0.5, 0.6) is 0 Å². The molecule has 1 aliphatic heterocycles. The van der Waals surface area contributed by atoms with Gasteiger partial charge in [-0.05, 0) is 50.2 Å². The van der Waals surface area contributed by atoms with E-state index in [1.165, 1.54) is 6.07 Å². The van der Waals surface area contributed by atoms with Gasteiger partial charge in [-0.3, -0.25) is 14.5 Å². The van der Waals surface area contributed by atoms with Gasteiger partial charge < -0.3 is 10.2 Å². The van der Waals surface area contributed by atoms with E-state index in [9.17, 15) is 18.4 Å². The Labute approximate surface area is 162 Å². The molecule has 3 rings (SSSR count). The summed E-state index contributed by atoms with van der Waals surface area (Å²) in [4.78, 5) is 28.0. The second-order valence-corrected chi connectivity index (χ2v) is 6.98. The fourth-order valence-electron chi connectivity index (χ4n) is 3.30. The molecule has 7 heteroatoms. The van der Waals surface area contributed by atoms with Crippen molar-refractivity contribution in [3.8, 4) is 0 Å². The van der Waals surface area contributed by atoms with E-state index in [2.05, 4.69) is 5.32 Å². The van der Waals surface area contributed by atoms with Gasteiger partial charge in [0.1, 0.15) is 0 Å². The van der Waals surface area contributed by atoms with Crippen LogP contribution in [0.15, 0.2) is 42.5 Å². The lowest BCUT2D eigenvalue weighted by Gasteiger charge is -2.25. The van der Waals surface area contributed by atoms with Gasteiger partial charge in [0.05, 0.1) is 17.9 Å². The summed E-state index contributed by atoms with van der Waals surface area (Å²) in [6, 6.07) is 10.6. The van der Waals surface area contributed by atoms with Crippen molar-refractivity contribution in [1.82, 2.24) is 4.90 Å². The summed E-state index contributed by atoms with van der Waals surface area (Å²) in [5.74, 6) is -2.02. The van der Waals surface area contributed by atoms with Crippen LogP contribution in [0.4, 0.5) is 20.2 Å². The van der Waals surface area contributed by atoms with E-state index in [1.54, 1.807) is 29.0 Å². The number of rotatable bonds is 6. The van der Waals surface area contributed by atoms with Crippen molar-refractivity contribution in [2.75, 3.05) is 30.4 Å². The third-order valence-corrected chi connectivity index (χ3v) is 5.02. The van der Waals surface area contributed by atoms with E-state index in [0.717, 1.165) is 18.6 Å². The maximum atomic E-state index is 13.5. The lowest BCUT2D eigenvalue weighted by molar-refractivity contribution is -0.118. The normalized spacial score (nSPS) is 15.2. The zero-order valence-electron chi connectivity index (χ0n) is 15.9. The highest BCUT2D eigenvalue weighted by Crippen LogP contribution is 2.29. The van der Waals surface area contributed by atoms with Gasteiger partial charge >= 0.3 is 0 Å². The first-order chi connectivity index (χ1) is 13.4. The largest absolute Gasteiger partial charge is 0.323 e. The Morgan fingerprint density at radius 1 is 1.21 bits per heavy atom. The Bertz CT molecular complexity index is 888. The zero-order valence-corrected chi connectivity index (χ0v) is 15.9. The molecule has 1 heterocycles. The van der Waals surface area contributed by atoms with Crippen LogP contribution in [0.25, 0.3) is 0 Å². The smallest absolute Gasteiger partial charge is 0.238 e. The van der Waals surface area contributed by atoms with Crippen LogP contribution in [0, 0.1) is 11.6 Å². The number of carbonyl (C=O) groups is 2. The highest BCUT2D eigenvalue weighted by Gasteiger charge is 2.24. The molecule has 2 aromatic rings. The van der Waals surface area contributed by atoms with Crippen molar-refractivity contribution >= 4 is 23.2 Å². The van der Waals surface area contributed by atoms with Crippen LogP contribution in [0.1, 0.15) is 31.4 Å². The number of amides is 2.